The first-order chi connectivity index (χ1) is 12.6. The summed E-state index contributed by atoms with van der Waals surface area (Å²) >= 11 is 5.92. The molecule has 7 nitrogen and oxygen atoms in total. The molecule has 0 bridgehead atoms. The van der Waals surface area contributed by atoms with Crippen LogP contribution < -0.4 is 4.90 Å². The highest BCUT2D eigenvalue weighted by Crippen LogP contribution is 2.27. The number of hydrogen-bond acceptors (Lipinski definition) is 6. The first-order valence-corrected chi connectivity index (χ1v) is 8.53. The van der Waals surface area contributed by atoms with Crippen LogP contribution in [0.2, 0.25) is 5.02 Å². The van der Waals surface area contributed by atoms with Gasteiger partial charge in [0.1, 0.15) is 17.4 Å². The van der Waals surface area contributed by atoms with Crippen molar-refractivity contribution in [2.45, 2.75) is 12.8 Å². The molecule has 0 spiro atoms. The Morgan fingerprint density at radius 2 is 2.08 bits per heavy atom. The summed E-state index contributed by atoms with van der Waals surface area (Å²) in [6.45, 7) is 1.70. The second kappa shape index (κ2) is 6.32. The molecule has 8 heteroatoms. The smallest absolute Gasteiger partial charge is 0.199 e. The molecule has 0 atom stereocenters. The second-order valence-corrected chi connectivity index (χ2v) is 6.54. The molecule has 3 aromatic rings. The van der Waals surface area contributed by atoms with E-state index >= 15 is 0 Å². The molecule has 1 aliphatic heterocycles. The summed E-state index contributed by atoms with van der Waals surface area (Å²) in [6.07, 6.45) is 5.02. The van der Waals surface area contributed by atoms with Crippen LogP contribution >= 0.6 is 11.6 Å². The number of phenolic OH excluding ortho intramolecular Hbond substituents is 1. The van der Waals surface area contributed by atoms with Gasteiger partial charge in [0.2, 0.25) is 0 Å². The van der Waals surface area contributed by atoms with Gasteiger partial charge in [-0.05, 0) is 31.0 Å². The Balaban J connectivity index is 1.79. The fraction of sp³-hybridized carbons (Fsp3) is 0.222. The number of aromatic nitrogens is 3. The molecule has 130 valence electrons. The van der Waals surface area contributed by atoms with E-state index in [9.17, 15) is 15.2 Å². The molecule has 26 heavy (non-hydrogen) atoms. The average Bonchev–Trinajstić information content (AvgIpc) is 3.29. The van der Waals surface area contributed by atoms with Crippen molar-refractivity contribution in [1.29, 1.82) is 5.26 Å². The van der Waals surface area contributed by atoms with E-state index in [2.05, 4.69) is 21.1 Å². The van der Waals surface area contributed by atoms with Crippen LogP contribution in [0, 0.1) is 11.3 Å². The fourth-order valence-corrected chi connectivity index (χ4v) is 3.31. The van der Waals surface area contributed by atoms with Crippen LogP contribution in [0.15, 0.2) is 30.6 Å². The number of nitriles is 1. The monoisotopic (exact) mass is 367 g/mol. The van der Waals surface area contributed by atoms with Crippen LogP contribution in [0.1, 0.15) is 34.3 Å². The van der Waals surface area contributed by atoms with E-state index < -0.39 is 5.78 Å². The highest BCUT2D eigenvalue weighted by molar-refractivity contribution is 6.31. The summed E-state index contributed by atoms with van der Waals surface area (Å²) < 4.78 is 1.45. The van der Waals surface area contributed by atoms with Crippen molar-refractivity contribution in [3.8, 4) is 11.8 Å². The van der Waals surface area contributed by atoms with Crippen LogP contribution in [-0.4, -0.2) is 38.6 Å². The number of carbonyl (C=O) groups excluding carboxylic acids is 1. The zero-order chi connectivity index (χ0) is 18.3. The number of aromatic hydroxyl groups is 1. The van der Waals surface area contributed by atoms with E-state index in [1.807, 2.05) is 0 Å². The van der Waals surface area contributed by atoms with Gasteiger partial charge in [0.25, 0.3) is 0 Å². The lowest BCUT2D eigenvalue weighted by Gasteiger charge is -2.13. The van der Waals surface area contributed by atoms with Crippen LogP contribution in [0.5, 0.6) is 5.75 Å². The highest BCUT2D eigenvalue weighted by atomic mass is 35.5. The number of phenols is 1. The largest absolute Gasteiger partial charge is 0.507 e. The summed E-state index contributed by atoms with van der Waals surface area (Å²) in [5, 5.41) is 24.3. The van der Waals surface area contributed by atoms with Gasteiger partial charge in [0, 0.05) is 30.5 Å². The van der Waals surface area contributed by atoms with Crippen molar-refractivity contribution in [2.24, 2.45) is 0 Å². The molecular formula is C18H14ClN5O2. The zero-order valence-corrected chi connectivity index (χ0v) is 14.4. The number of hydrogen-bond donors (Lipinski definition) is 1. The number of fused-ring (bicyclic) bond motifs is 1. The number of benzene rings is 1. The van der Waals surface area contributed by atoms with Gasteiger partial charge in [-0.2, -0.15) is 5.26 Å². The molecule has 0 saturated carbocycles. The molecule has 2 aromatic heterocycles. The van der Waals surface area contributed by atoms with Gasteiger partial charge in [-0.25, -0.2) is 9.50 Å². The Kier molecular flexibility index (Phi) is 3.98. The molecular weight excluding hydrogens is 354 g/mol. The van der Waals surface area contributed by atoms with E-state index in [1.54, 1.807) is 0 Å². The van der Waals surface area contributed by atoms with Crippen molar-refractivity contribution >= 4 is 28.8 Å². The first-order valence-electron chi connectivity index (χ1n) is 8.15. The molecule has 0 unspecified atom stereocenters. The van der Waals surface area contributed by atoms with Gasteiger partial charge in [0.15, 0.2) is 17.2 Å². The minimum Gasteiger partial charge on any atom is -0.507 e. The standard InChI is InChI=1S/C18H14ClN5O2/c19-12-3-4-15(25)13(7-12)16(26)11-9-21-17-14(8-20)18(22-24(17)10-11)23-5-1-2-6-23/h3-4,7,9-10,25H,1-2,5-6H2. The predicted octanol–water partition coefficient (Wildman–Crippen LogP) is 2.79. The molecule has 4 rings (SSSR count). The van der Waals surface area contributed by atoms with Crippen molar-refractivity contribution in [2.75, 3.05) is 18.0 Å². The predicted molar refractivity (Wildman–Crippen MR) is 95.7 cm³/mol. The van der Waals surface area contributed by atoms with E-state index in [1.165, 1.54) is 35.1 Å². The number of rotatable bonds is 3. The minimum atomic E-state index is -0.420. The molecule has 1 aliphatic rings. The fourth-order valence-electron chi connectivity index (χ4n) is 3.14. The molecule has 0 radical (unpaired) electrons. The van der Waals surface area contributed by atoms with Crippen molar-refractivity contribution in [3.05, 3.63) is 52.3 Å². The molecule has 1 saturated heterocycles. The molecule has 1 fully saturated rings. The number of carbonyl (C=O) groups is 1. The Morgan fingerprint density at radius 3 is 2.81 bits per heavy atom. The average molecular weight is 368 g/mol. The maximum Gasteiger partial charge on any atom is 0.199 e. The van der Waals surface area contributed by atoms with Crippen LogP contribution in [-0.2, 0) is 0 Å². The lowest BCUT2D eigenvalue weighted by Crippen LogP contribution is -2.19. The Morgan fingerprint density at radius 1 is 1.31 bits per heavy atom. The number of anilines is 1. The summed E-state index contributed by atoms with van der Waals surface area (Å²) in [5.41, 5.74) is 1.14. The quantitative estimate of drug-likeness (QED) is 0.715. The zero-order valence-electron chi connectivity index (χ0n) is 13.7. The van der Waals surface area contributed by atoms with Crippen molar-refractivity contribution < 1.29 is 9.90 Å². The van der Waals surface area contributed by atoms with Crippen LogP contribution in [0.25, 0.3) is 5.65 Å². The van der Waals surface area contributed by atoms with E-state index in [4.69, 9.17) is 11.6 Å². The van der Waals surface area contributed by atoms with Gasteiger partial charge in [-0.3, -0.25) is 4.79 Å². The Labute approximate surface area is 154 Å². The SMILES string of the molecule is N#Cc1c(N2CCCC2)nn2cc(C(=O)c3cc(Cl)ccc3O)cnc12. The number of nitrogens with zero attached hydrogens (tertiary/aromatic N) is 5. The highest BCUT2D eigenvalue weighted by Gasteiger charge is 2.23. The molecule has 0 amide bonds. The molecule has 1 aromatic carbocycles. The summed E-state index contributed by atoms with van der Waals surface area (Å²) in [4.78, 5) is 19.0. The van der Waals surface area contributed by atoms with Crippen molar-refractivity contribution in [3.63, 3.8) is 0 Å². The van der Waals surface area contributed by atoms with Gasteiger partial charge >= 0.3 is 0 Å². The third-order valence-electron chi connectivity index (χ3n) is 4.44. The molecule has 3 heterocycles. The van der Waals surface area contributed by atoms with Gasteiger partial charge < -0.3 is 10.0 Å². The number of halogens is 1. The van der Waals surface area contributed by atoms with Gasteiger partial charge in [-0.1, -0.05) is 11.6 Å². The minimum absolute atomic E-state index is 0.0890. The van der Waals surface area contributed by atoms with Crippen LogP contribution in [0.4, 0.5) is 5.82 Å². The summed E-state index contributed by atoms with van der Waals surface area (Å²) in [6, 6.07) is 6.44. The van der Waals surface area contributed by atoms with E-state index in [-0.39, 0.29) is 16.9 Å². The normalized spacial score (nSPS) is 13.9. The summed E-state index contributed by atoms with van der Waals surface area (Å²) in [5.74, 6) is 0.0132. The topological polar surface area (TPSA) is 94.5 Å². The maximum atomic E-state index is 12.7. The van der Waals surface area contributed by atoms with E-state index in [0.29, 0.717) is 22.1 Å². The second-order valence-electron chi connectivity index (χ2n) is 6.11. The molecule has 1 N–H and O–H groups in total. The van der Waals surface area contributed by atoms with Gasteiger partial charge in [-0.15, -0.1) is 5.10 Å². The lowest BCUT2D eigenvalue weighted by molar-refractivity contribution is 0.103. The third-order valence-corrected chi connectivity index (χ3v) is 4.67. The maximum absolute atomic E-state index is 12.7. The first kappa shape index (κ1) is 16.4. The lowest BCUT2D eigenvalue weighted by atomic mass is 10.1. The third kappa shape index (κ3) is 2.65. The van der Waals surface area contributed by atoms with E-state index in [0.717, 1.165) is 25.9 Å². The number of ketones is 1. The Bertz CT molecular complexity index is 1060. The van der Waals surface area contributed by atoms with Crippen LogP contribution in [0.3, 0.4) is 0 Å². The van der Waals surface area contributed by atoms with Crippen molar-refractivity contribution in [1.82, 2.24) is 14.6 Å². The summed E-state index contributed by atoms with van der Waals surface area (Å²) in [7, 11) is 0. The molecule has 0 aliphatic carbocycles. The van der Waals surface area contributed by atoms with Gasteiger partial charge in [0.05, 0.1) is 11.1 Å². The Hall–Kier alpha value is -3.11.